The van der Waals surface area contributed by atoms with Crippen molar-refractivity contribution in [3.8, 4) is 5.75 Å². The van der Waals surface area contributed by atoms with E-state index in [0.717, 1.165) is 31.7 Å². The second-order valence-electron chi connectivity index (χ2n) is 5.00. The van der Waals surface area contributed by atoms with Crippen LogP contribution in [0.5, 0.6) is 5.75 Å². The lowest BCUT2D eigenvalue weighted by Crippen LogP contribution is -2.45. The summed E-state index contributed by atoms with van der Waals surface area (Å²) in [5.41, 5.74) is 0.787. The zero-order valence-electron chi connectivity index (χ0n) is 12.2. The molecule has 1 atom stereocenters. The molecule has 2 heterocycles. The maximum absolute atomic E-state index is 10.5. The summed E-state index contributed by atoms with van der Waals surface area (Å²) in [7, 11) is 0. The first-order chi connectivity index (χ1) is 10.2. The van der Waals surface area contributed by atoms with Crippen LogP contribution < -0.4 is 5.32 Å². The van der Waals surface area contributed by atoms with Crippen molar-refractivity contribution in [3.63, 3.8) is 0 Å². The zero-order valence-corrected chi connectivity index (χ0v) is 17.0. The van der Waals surface area contributed by atoms with Crippen molar-refractivity contribution < 1.29 is 5.11 Å². The fourth-order valence-corrected chi connectivity index (χ4v) is 4.18. The number of rotatable bonds is 3. The minimum Gasteiger partial charge on any atom is -0.506 e. The standard InChI is InChI=1S/C15H16BrClN2OS.2ClH/c16-10-3-4-11(17)13(15(10)20)14(12-2-1-9-21-12)19-7-5-18-6-8-19;;/h1-4,9,14,18,20H,5-8H2;2*1H/t14-;;/m1../s1. The van der Waals surface area contributed by atoms with Gasteiger partial charge in [0.15, 0.2) is 0 Å². The molecule has 1 aliphatic heterocycles. The molecule has 0 radical (unpaired) electrons. The van der Waals surface area contributed by atoms with Gasteiger partial charge in [0.1, 0.15) is 5.75 Å². The number of hydrogen-bond acceptors (Lipinski definition) is 4. The summed E-state index contributed by atoms with van der Waals surface area (Å²) in [5.74, 6) is 0.236. The molecular formula is C15H18BrCl3N2OS. The van der Waals surface area contributed by atoms with Gasteiger partial charge in [-0.15, -0.1) is 36.2 Å². The number of nitrogens with one attached hydrogen (secondary N) is 1. The van der Waals surface area contributed by atoms with E-state index in [1.165, 1.54) is 4.88 Å². The fraction of sp³-hybridized carbons (Fsp3) is 0.333. The molecule has 0 bridgehead atoms. The molecule has 23 heavy (non-hydrogen) atoms. The molecule has 0 saturated carbocycles. The molecule has 1 aromatic carbocycles. The molecule has 1 aromatic heterocycles. The molecule has 1 saturated heterocycles. The number of piperazine rings is 1. The highest BCUT2D eigenvalue weighted by Gasteiger charge is 2.29. The van der Waals surface area contributed by atoms with Crippen LogP contribution in [0.2, 0.25) is 5.02 Å². The lowest BCUT2D eigenvalue weighted by atomic mass is 10.0. The van der Waals surface area contributed by atoms with Crippen molar-refractivity contribution in [2.24, 2.45) is 0 Å². The average Bonchev–Trinajstić information content (AvgIpc) is 3.02. The van der Waals surface area contributed by atoms with Crippen LogP contribution in [0.3, 0.4) is 0 Å². The Morgan fingerprint density at radius 3 is 2.52 bits per heavy atom. The van der Waals surface area contributed by atoms with Crippen LogP contribution in [0.25, 0.3) is 0 Å². The number of hydrogen-bond donors (Lipinski definition) is 2. The molecule has 0 unspecified atom stereocenters. The first-order valence-corrected chi connectivity index (χ1v) is 8.88. The van der Waals surface area contributed by atoms with Gasteiger partial charge in [-0.2, -0.15) is 0 Å². The van der Waals surface area contributed by atoms with E-state index in [4.69, 9.17) is 11.6 Å². The Morgan fingerprint density at radius 1 is 1.22 bits per heavy atom. The third kappa shape index (κ3) is 4.54. The van der Waals surface area contributed by atoms with Crippen molar-refractivity contribution in [1.82, 2.24) is 10.2 Å². The fourth-order valence-electron chi connectivity index (χ4n) is 2.71. The summed E-state index contributed by atoms with van der Waals surface area (Å²) in [6.45, 7) is 3.78. The lowest BCUT2D eigenvalue weighted by molar-refractivity contribution is 0.198. The molecule has 2 N–H and O–H groups in total. The van der Waals surface area contributed by atoms with Crippen molar-refractivity contribution in [2.45, 2.75) is 6.04 Å². The molecule has 3 rings (SSSR count). The van der Waals surface area contributed by atoms with E-state index in [2.05, 4.69) is 37.6 Å². The summed E-state index contributed by atoms with van der Waals surface area (Å²) in [6, 6.07) is 7.76. The van der Waals surface area contributed by atoms with E-state index < -0.39 is 0 Å². The number of benzene rings is 1. The summed E-state index contributed by atoms with van der Waals surface area (Å²) < 4.78 is 0.679. The average molecular weight is 461 g/mol. The van der Waals surface area contributed by atoms with E-state index >= 15 is 0 Å². The van der Waals surface area contributed by atoms with E-state index in [9.17, 15) is 5.11 Å². The topological polar surface area (TPSA) is 35.5 Å². The first kappa shape index (κ1) is 21.0. The second kappa shape index (κ2) is 9.47. The SMILES string of the molecule is Cl.Cl.Oc1c(Br)ccc(Cl)c1[C@@H](c1cccs1)N1CCNCC1. The highest BCUT2D eigenvalue weighted by molar-refractivity contribution is 9.10. The van der Waals surface area contributed by atoms with Crippen LogP contribution in [-0.2, 0) is 0 Å². The summed E-state index contributed by atoms with van der Waals surface area (Å²) in [5, 5.41) is 16.5. The number of thiophene rings is 1. The van der Waals surface area contributed by atoms with Gasteiger partial charge in [0.05, 0.1) is 10.5 Å². The predicted molar refractivity (Wildman–Crippen MR) is 106 cm³/mol. The largest absolute Gasteiger partial charge is 0.506 e. The van der Waals surface area contributed by atoms with Gasteiger partial charge < -0.3 is 10.4 Å². The zero-order chi connectivity index (χ0) is 14.8. The van der Waals surface area contributed by atoms with Crippen molar-refractivity contribution >= 4 is 63.7 Å². The lowest BCUT2D eigenvalue weighted by Gasteiger charge is -2.35. The Bertz CT molecular complexity index is 621. The van der Waals surface area contributed by atoms with E-state index in [-0.39, 0.29) is 36.6 Å². The Labute approximate surface area is 166 Å². The molecule has 3 nitrogen and oxygen atoms in total. The third-order valence-electron chi connectivity index (χ3n) is 3.72. The maximum atomic E-state index is 10.5. The molecule has 0 amide bonds. The Kier molecular flexibility index (Phi) is 8.66. The van der Waals surface area contributed by atoms with Crippen LogP contribution in [0.1, 0.15) is 16.5 Å². The second-order valence-corrected chi connectivity index (χ2v) is 7.24. The summed E-state index contributed by atoms with van der Waals surface area (Å²) in [6.07, 6.45) is 0. The van der Waals surface area contributed by atoms with E-state index in [1.807, 2.05) is 12.1 Å². The third-order valence-corrected chi connectivity index (χ3v) is 5.61. The van der Waals surface area contributed by atoms with Crippen LogP contribution in [0, 0.1) is 0 Å². The minimum absolute atomic E-state index is 0. The van der Waals surface area contributed by atoms with Crippen LogP contribution in [0.15, 0.2) is 34.1 Å². The summed E-state index contributed by atoms with van der Waals surface area (Å²) in [4.78, 5) is 3.57. The van der Waals surface area contributed by atoms with Crippen LogP contribution >= 0.6 is 63.7 Å². The number of phenols is 1. The molecule has 0 aliphatic carbocycles. The number of nitrogens with zero attached hydrogens (tertiary/aromatic N) is 1. The predicted octanol–water partition coefficient (Wildman–Crippen LogP) is 4.71. The molecule has 1 aliphatic rings. The quantitative estimate of drug-likeness (QED) is 0.697. The van der Waals surface area contributed by atoms with Gasteiger partial charge in [-0.25, -0.2) is 0 Å². The Balaban J connectivity index is 0.00000132. The molecular weight excluding hydrogens is 443 g/mol. The van der Waals surface area contributed by atoms with E-state index in [0.29, 0.717) is 9.50 Å². The van der Waals surface area contributed by atoms with Gasteiger partial charge >= 0.3 is 0 Å². The molecule has 1 fully saturated rings. The number of phenolic OH excluding ortho intramolecular Hbond substituents is 1. The van der Waals surface area contributed by atoms with E-state index in [1.54, 1.807) is 17.4 Å². The van der Waals surface area contributed by atoms with Gasteiger partial charge in [-0.1, -0.05) is 17.7 Å². The van der Waals surface area contributed by atoms with Gasteiger partial charge in [-0.05, 0) is 39.5 Å². The van der Waals surface area contributed by atoms with Gasteiger partial charge in [-0.3, -0.25) is 4.90 Å². The van der Waals surface area contributed by atoms with Crippen LogP contribution in [0.4, 0.5) is 0 Å². The maximum Gasteiger partial charge on any atom is 0.136 e. The Hall–Kier alpha value is -0.0100. The highest BCUT2D eigenvalue weighted by atomic mass is 79.9. The van der Waals surface area contributed by atoms with Gasteiger partial charge in [0, 0.05) is 41.6 Å². The molecule has 128 valence electrons. The normalized spacial score (nSPS) is 16.3. The molecule has 0 spiro atoms. The first-order valence-electron chi connectivity index (χ1n) is 6.83. The highest BCUT2D eigenvalue weighted by Crippen LogP contribution is 2.43. The van der Waals surface area contributed by atoms with Crippen molar-refractivity contribution in [2.75, 3.05) is 26.2 Å². The van der Waals surface area contributed by atoms with Crippen LogP contribution in [-0.4, -0.2) is 36.2 Å². The molecule has 8 heteroatoms. The Morgan fingerprint density at radius 2 is 1.91 bits per heavy atom. The monoisotopic (exact) mass is 458 g/mol. The number of aromatic hydroxyl groups is 1. The summed E-state index contributed by atoms with van der Waals surface area (Å²) >= 11 is 11.5. The molecule has 2 aromatic rings. The van der Waals surface area contributed by atoms with Crippen molar-refractivity contribution in [1.29, 1.82) is 0 Å². The van der Waals surface area contributed by atoms with Gasteiger partial charge in [0.2, 0.25) is 0 Å². The number of halogens is 4. The van der Waals surface area contributed by atoms with Crippen molar-refractivity contribution in [3.05, 3.63) is 49.6 Å². The minimum atomic E-state index is -0.00269. The smallest absolute Gasteiger partial charge is 0.136 e. The van der Waals surface area contributed by atoms with Gasteiger partial charge in [0.25, 0.3) is 0 Å².